The Morgan fingerprint density at radius 2 is 2.05 bits per heavy atom. The van der Waals surface area contributed by atoms with E-state index in [0.29, 0.717) is 15.4 Å². The fourth-order valence-electron chi connectivity index (χ4n) is 2.07. The van der Waals surface area contributed by atoms with Gasteiger partial charge in [0.1, 0.15) is 4.90 Å². The molecule has 3 rings (SSSR count). The van der Waals surface area contributed by atoms with Gasteiger partial charge in [-0.15, -0.1) is 22.7 Å². The number of aromatic nitrogens is 1. The Morgan fingerprint density at radius 3 is 2.71 bits per heavy atom. The highest BCUT2D eigenvalue weighted by Gasteiger charge is 2.24. The molecule has 8 heteroatoms. The van der Waals surface area contributed by atoms with Crippen LogP contribution in [0.3, 0.4) is 0 Å². The van der Waals surface area contributed by atoms with E-state index in [1.54, 1.807) is 12.3 Å². The highest BCUT2D eigenvalue weighted by atomic mass is 32.2. The Bertz CT molecular complexity index is 896. The lowest BCUT2D eigenvalue weighted by molar-refractivity contribution is 0.601. The van der Waals surface area contributed by atoms with Crippen LogP contribution in [0.15, 0.2) is 35.4 Å². The number of hydrogen-bond acceptors (Lipinski definition) is 6. The van der Waals surface area contributed by atoms with Gasteiger partial charge in [-0.2, -0.15) is 0 Å². The molecular weight excluding hydrogens is 326 g/mol. The number of thiazole rings is 1. The number of rotatable bonds is 4. The summed E-state index contributed by atoms with van der Waals surface area (Å²) < 4.78 is 28.8. The molecule has 0 atom stereocenters. The lowest BCUT2D eigenvalue weighted by atomic mass is 10.2. The summed E-state index contributed by atoms with van der Waals surface area (Å²) in [5.41, 5.74) is 5.71. The second-order valence-corrected chi connectivity index (χ2v) is 8.43. The lowest BCUT2D eigenvalue weighted by Gasteiger charge is -2.06. The Labute approximate surface area is 130 Å². The van der Waals surface area contributed by atoms with Gasteiger partial charge < -0.3 is 5.73 Å². The van der Waals surface area contributed by atoms with Crippen molar-refractivity contribution in [1.29, 1.82) is 0 Å². The van der Waals surface area contributed by atoms with E-state index in [0.717, 1.165) is 9.58 Å². The van der Waals surface area contributed by atoms with Crippen molar-refractivity contribution in [1.82, 2.24) is 4.98 Å². The molecule has 2 heterocycles. The number of anilines is 1. The number of nitrogens with zero attached hydrogens (tertiary/aromatic N) is 1. The summed E-state index contributed by atoms with van der Waals surface area (Å²) in [5.74, 6) is 0. The molecule has 3 N–H and O–H groups in total. The minimum Gasteiger partial charge on any atom is -0.326 e. The lowest BCUT2D eigenvalue weighted by Crippen LogP contribution is -2.14. The number of nitrogens with one attached hydrogen (secondary N) is 1. The zero-order valence-corrected chi connectivity index (χ0v) is 13.6. The van der Waals surface area contributed by atoms with Crippen molar-refractivity contribution in [2.24, 2.45) is 5.73 Å². The van der Waals surface area contributed by atoms with Gasteiger partial charge in [-0.05, 0) is 13.0 Å². The highest BCUT2D eigenvalue weighted by Crippen LogP contribution is 2.35. The average molecular weight is 339 g/mol. The fourth-order valence-corrected chi connectivity index (χ4v) is 5.81. The summed E-state index contributed by atoms with van der Waals surface area (Å²) in [6.07, 6.45) is 1.64. The average Bonchev–Trinajstić information content (AvgIpc) is 3.01. The number of nitrogens with two attached hydrogens (primary N) is 1. The normalized spacial score (nSPS) is 11.9. The maximum absolute atomic E-state index is 12.7. The van der Waals surface area contributed by atoms with E-state index in [2.05, 4.69) is 9.71 Å². The first-order valence-corrected chi connectivity index (χ1v) is 9.28. The monoisotopic (exact) mass is 339 g/mol. The highest BCUT2D eigenvalue weighted by molar-refractivity contribution is 7.93. The predicted molar refractivity (Wildman–Crippen MR) is 87.4 cm³/mol. The van der Waals surface area contributed by atoms with Crippen LogP contribution in [0.5, 0.6) is 0 Å². The summed E-state index contributed by atoms with van der Waals surface area (Å²) in [6, 6.07) is 7.40. The molecule has 0 fully saturated rings. The molecule has 0 aliphatic rings. The van der Waals surface area contributed by atoms with Crippen LogP contribution in [0.1, 0.15) is 9.75 Å². The van der Waals surface area contributed by atoms with Crippen LogP contribution < -0.4 is 10.5 Å². The molecule has 0 bridgehead atoms. The second kappa shape index (κ2) is 5.38. The molecule has 0 amide bonds. The van der Waals surface area contributed by atoms with Crippen molar-refractivity contribution >= 4 is 47.9 Å². The summed E-state index contributed by atoms with van der Waals surface area (Å²) in [4.78, 5) is 5.91. The first-order chi connectivity index (χ1) is 10.0. The first-order valence-electron chi connectivity index (χ1n) is 6.17. The molecule has 0 aliphatic carbocycles. The number of sulfonamides is 1. The zero-order valence-electron chi connectivity index (χ0n) is 11.2. The molecule has 0 spiro atoms. The summed E-state index contributed by atoms with van der Waals surface area (Å²) >= 11 is 2.71. The maximum atomic E-state index is 12.7. The van der Waals surface area contributed by atoms with Gasteiger partial charge >= 0.3 is 0 Å². The zero-order chi connectivity index (χ0) is 15.0. The Morgan fingerprint density at radius 1 is 1.29 bits per heavy atom. The molecule has 0 radical (unpaired) electrons. The maximum Gasteiger partial charge on any atom is 0.265 e. The smallest absolute Gasteiger partial charge is 0.265 e. The minimum atomic E-state index is -3.70. The quantitative estimate of drug-likeness (QED) is 0.765. The van der Waals surface area contributed by atoms with Crippen LogP contribution in [0, 0.1) is 6.92 Å². The van der Waals surface area contributed by atoms with E-state index in [1.165, 1.54) is 22.7 Å². The van der Waals surface area contributed by atoms with Crippen molar-refractivity contribution in [3.8, 4) is 0 Å². The van der Waals surface area contributed by atoms with E-state index >= 15 is 0 Å². The van der Waals surface area contributed by atoms with E-state index in [4.69, 9.17) is 5.73 Å². The first kappa shape index (κ1) is 14.5. The third kappa shape index (κ3) is 2.67. The van der Waals surface area contributed by atoms with E-state index in [-0.39, 0.29) is 11.4 Å². The van der Waals surface area contributed by atoms with Crippen molar-refractivity contribution < 1.29 is 8.42 Å². The summed E-state index contributed by atoms with van der Waals surface area (Å²) in [7, 11) is -3.70. The molecule has 110 valence electrons. The van der Waals surface area contributed by atoms with Gasteiger partial charge in [0.05, 0.1) is 0 Å². The molecule has 0 aliphatic heterocycles. The van der Waals surface area contributed by atoms with Crippen LogP contribution >= 0.6 is 22.7 Å². The second-order valence-electron chi connectivity index (χ2n) is 4.44. The fraction of sp³-hybridized carbons (Fsp3) is 0.154. The Balaban J connectivity index is 2.13. The van der Waals surface area contributed by atoms with Gasteiger partial charge in [0, 0.05) is 32.6 Å². The van der Waals surface area contributed by atoms with Crippen LogP contribution in [-0.4, -0.2) is 13.4 Å². The van der Waals surface area contributed by atoms with Gasteiger partial charge in [-0.3, -0.25) is 4.72 Å². The van der Waals surface area contributed by atoms with Crippen LogP contribution in [-0.2, 0) is 16.6 Å². The molecule has 5 nitrogen and oxygen atoms in total. The number of hydrogen-bond donors (Lipinski definition) is 2. The molecule has 0 unspecified atom stereocenters. The molecule has 0 saturated heterocycles. The molecule has 0 saturated carbocycles. The largest absolute Gasteiger partial charge is 0.326 e. The summed E-state index contributed by atoms with van der Waals surface area (Å²) in [6.45, 7) is 2.06. The number of thiophene rings is 1. The standard InChI is InChI=1S/C13H13N3O2S3/c1-8-7-15-13(19-8)16-21(17,18)12-9-4-2-3-5-10(9)20-11(12)6-14/h2-5,7H,6,14H2,1H3,(H,15,16). The summed E-state index contributed by atoms with van der Waals surface area (Å²) in [5, 5.41) is 1.06. The number of benzene rings is 1. The van der Waals surface area contributed by atoms with Crippen LogP contribution in [0.25, 0.3) is 10.1 Å². The SMILES string of the molecule is Cc1cnc(NS(=O)(=O)c2c(CN)sc3ccccc23)s1. The van der Waals surface area contributed by atoms with Crippen LogP contribution in [0.2, 0.25) is 0 Å². The predicted octanol–water partition coefficient (Wildman–Crippen LogP) is 2.93. The Hall–Kier alpha value is -1.48. The van der Waals surface area contributed by atoms with Crippen molar-refractivity contribution in [2.45, 2.75) is 18.4 Å². The van der Waals surface area contributed by atoms with Gasteiger partial charge in [0.2, 0.25) is 0 Å². The van der Waals surface area contributed by atoms with Crippen molar-refractivity contribution in [3.05, 3.63) is 40.2 Å². The van der Waals surface area contributed by atoms with E-state index < -0.39 is 10.0 Å². The van der Waals surface area contributed by atoms with E-state index in [9.17, 15) is 8.42 Å². The molecule has 21 heavy (non-hydrogen) atoms. The third-order valence-electron chi connectivity index (χ3n) is 2.92. The van der Waals surface area contributed by atoms with E-state index in [1.807, 2.05) is 25.1 Å². The molecular formula is C13H13N3O2S3. The van der Waals surface area contributed by atoms with Gasteiger partial charge in [-0.1, -0.05) is 18.2 Å². The van der Waals surface area contributed by atoms with Crippen molar-refractivity contribution in [2.75, 3.05) is 4.72 Å². The minimum absolute atomic E-state index is 0.187. The third-order valence-corrected chi connectivity index (χ3v) is 6.66. The number of fused-ring (bicyclic) bond motifs is 1. The van der Waals surface area contributed by atoms with Gasteiger partial charge in [-0.25, -0.2) is 13.4 Å². The van der Waals surface area contributed by atoms with Crippen LogP contribution in [0.4, 0.5) is 5.13 Å². The molecule has 3 aromatic rings. The van der Waals surface area contributed by atoms with Gasteiger partial charge in [0.25, 0.3) is 10.0 Å². The Kier molecular flexibility index (Phi) is 3.70. The van der Waals surface area contributed by atoms with Crippen molar-refractivity contribution in [3.63, 3.8) is 0 Å². The number of aryl methyl sites for hydroxylation is 1. The molecule has 2 aromatic heterocycles. The van der Waals surface area contributed by atoms with Gasteiger partial charge in [0.15, 0.2) is 5.13 Å². The topological polar surface area (TPSA) is 85.1 Å². The molecule has 1 aromatic carbocycles.